The molecule has 2 aromatic heterocycles. The Morgan fingerprint density at radius 3 is 2.76 bits per heavy atom. The topological polar surface area (TPSA) is 62.5 Å². The number of anilines is 1. The number of hydrogen-bond acceptors (Lipinski definition) is 4. The van der Waals surface area contributed by atoms with Crippen molar-refractivity contribution in [1.82, 2.24) is 19.5 Å². The van der Waals surface area contributed by atoms with Crippen molar-refractivity contribution >= 4 is 43.9 Å². The van der Waals surface area contributed by atoms with Crippen LogP contribution >= 0.6 is 27.3 Å². The minimum atomic E-state index is -0.0955. The van der Waals surface area contributed by atoms with Crippen molar-refractivity contribution in [3.05, 3.63) is 69.1 Å². The van der Waals surface area contributed by atoms with E-state index in [0.717, 1.165) is 43.5 Å². The fraction of sp³-hybridized carbons (Fsp3) is 0.190. The first kappa shape index (κ1) is 18.3. The smallest absolute Gasteiger partial charge is 0.319 e. The van der Waals surface area contributed by atoms with E-state index >= 15 is 0 Å². The number of fused-ring (bicyclic) bond motifs is 3. The number of nitrogens with one attached hydrogen (secondary N) is 1. The summed E-state index contributed by atoms with van der Waals surface area (Å²) in [7, 11) is 0. The molecule has 1 N–H and O–H groups in total. The van der Waals surface area contributed by atoms with Crippen molar-refractivity contribution in [1.29, 1.82) is 0 Å². The molecule has 0 radical (unpaired) electrons. The third-order valence-corrected chi connectivity index (χ3v) is 6.78. The van der Waals surface area contributed by atoms with Crippen LogP contribution in [0.3, 0.4) is 0 Å². The fourth-order valence-electron chi connectivity index (χ4n) is 3.44. The molecule has 0 spiro atoms. The molecule has 0 saturated heterocycles. The Morgan fingerprint density at radius 2 is 1.97 bits per heavy atom. The molecule has 2 amide bonds. The molecule has 1 aliphatic rings. The number of rotatable bonds is 2. The molecule has 2 aromatic carbocycles. The average Bonchev–Trinajstić information content (AvgIpc) is 3.27. The van der Waals surface area contributed by atoms with Gasteiger partial charge in [0.05, 0.1) is 17.9 Å². The molecule has 5 rings (SSSR count). The van der Waals surface area contributed by atoms with Gasteiger partial charge in [-0.15, -0.1) is 5.10 Å². The van der Waals surface area contributed by atoms with Crippen LogP contribution in [0.2, 0.25) is 0 Å². The van der Waals surface area contributed by atoms with Crippen molar-refractivity contribution in [2.24, 2.45) is 0 Å². The van der Waals surface area contributed by atoms with Gasteiger partial charge in [0.15, 0.2) is 5.82 Å². The average molecular weight is 468 g/mol. The van der Waals surface area contributed by atoms with Crippen molar-refractivity contribution in [3.8, 4) is 11.4 Å². The highest BCUT2D eigenvalue weighted by molar-refractivity contribution is 9.10. The molecule has 0 unspecified atom stereocenters. The predicted molar refractivity (Wildman–Crippen MR) is 118 cm³/mol. The van der Waals surface area contributed by atoms with E-state index in [1.165, 1.54) is 5.56 Å². The van der Waals surface area contributed by atoms with Gasteiger partial charge in [0.25, 0.3) is 0 Å². The predicted octanol–water partition coefficient (Wildman–Crippen LogP) is 5.12. The third-order valence-electron chi connectivity index (χ3n) is 5.03. The SMILES string of the molecule is Cc1ccc(-c2nc3sc4c(n3n2)CCN(C(=O)Nc2ccccc2Br)C4)cc1. The van der Waals surface area contributed by atoms with Crippen LogP contribution in [0.5, 0.6) is 0 Å². The van der Waals surface area contributed by atoms with Gasteiger partial charge in [0.2, 0.25) is 4.96 Å². The van der Waals surface area contributed by atoms with Gasteiger partial charge >= 0.3 is 6.03 Å². The molecule has 6 nitrogen and oxygen atoms in total. The number of aromatic nitrogens is 3. The van der Waals surface area contributed by atoms with Gasteiger partial charge < -0.3 is 10.2 Å². The minimum Gasteiger partial charge on any atom is -0.319 e. The molecule has 0 bridgehead atoms. The molecule has 8 heteroatoms. The highest BCUT2D eigenvalue weighted by atomic mass is 79.9. The van der Waals surface area contributed by atoms with Crippen molar-refractivity contribution in [3.63, 3.8) is 0 Å². The molecule has 0 saturated carbocycles. The van der Waals surface area contributed by atoms with E-state index in [1.807, 2.05) is 33.7 Å². The summed E-state index contributed by atoms with van der Waals surface area (Å²) >= 11 is 5.08. The number of benzene rings is 2. The van der Waals surface area contributed by atoms with Gasteiger partial charge in [0, 0.05) is 27.9 Å². The summed E-state index contributed by atoms with van der Waals surface area (Å²) in [5, 5.41) is 7.71. The summed E-state index contributed by atoms with van der Waals surface area (Å²) in [5.74, 6) is 0.744. The second-order valence-electron chi connectivity index (χ2n) is 7.05. The molecule has 29 heavy (non-hydrogen) atoms. The Morgan fingerprint density at radius 1 is 1.17 bits per heavy atom. The number of para-hydroxylation sites is 1. The van der Waals surface area contributed by atoms with E-state index in [2.05, 4.69) is 52.4 Å². The standard InChI is InChI=1S/C21H18BrN5OS/c1-13-6-8-14(9-7-13)19-24-21-27(25-19)17-10-11-26(12-18(17)29-21)20(28)23-16-5-3-2-4-15(16)22/h2-9H,10-12H2,1H3,(H,23,28). The van der Waals surface area contributed by atoms with Gasteiger partial charge in [-0.05, 0) is 35.0 Å². The van der Waals surface area contributed by atoms with Gasteiger partial charge in [-0.25, -0.2) is 9.31 Å². The molecule has 0 aliphatic carbocycles. The quantitative estimate of drug-likeness (QED) is 0.444. The molecule has 0 fully saturated rings. The van der Waals surface area contributed by atoms with Crippen LogP contribution in [-0.2, 0) is 13.0 Å². The second-order valence-corrected chi connectivity index (χ2v) is 8.97. The summed E-state index contributed by atoms with van der Waals surface area (Å²) in [4.78, 5) is 21.3. The lowest BCUT2D eigenvalue weighted by molar-refractivity contribution is 0.206. The summed E-state index contributed by atoms with van der Waals surface area (Å²) in [6, 6.07) is 15.8. The summed E-state index contributed by atoms with van der Waals surface area (Å²) in [6.07, 6.45) is 0.759. The Labute approximate surface area is 180 Å². The van der Waals surface area contributed by atoms with Gasteiger partial charge in [0.1, 0.15) is 0 Å². The summed E-state index contributed by atoms with van der Waals surface area (Å²) < 4.78 is 2.81. The first-order chi connectivity index (χ1) is 14.1. The number of aryl methyl sites for hydroxylation is 1. The summed E-state index contributed by atoms with van der Waals surface area (Å²) in [6.45, 7) is 3.29. The highest BCUT2D eigenvalue weighted by Gasteiger charge is 2.26. The molecular weight excluding hydrogens is 450 g/mol. The first-order valence-electron chi connectivity index (χ1n) is 9.33. The van der Waals surface area contributed by atoms with Crippen molar-refractivity contribution in [2.45, 2.75) is 19.9 Å². The van der Waals surface area contributed by atoms with E-state index in [-0.39, 0.29) is 6.03 Å². The minimum absolute atomic E-state index is 0.0955. The Balaban J connectivity index is 1.37. The van der Waals surface area contributed by atoms with E-state index in [1.54, 1.807) is 11.3 Å². The third kappa shape index (κ3) is 3.42. The van der Waals surface area contributed by atoms with Gasteiger partial charge in [-0.1, -0.05) is 53.3 Å². The zero-order valence-electron chi connectivity index (χ0n) is 15.7. The van der Waals surface area contributed by atoms with Crippen LogP contribution in [0.15, 0.2) is 53.0 Å². The molecular formula is C21H18BrN5OS. The number of hydrogen-bond donors (Lipinski definition) is 1. The van der Waals surface area contributed by atoms with Gasteiger partial charge in [-0.2, -0.15) is 4.98 Å². The lowest BCUT2D eigenvalue weighted by atomic mass is 10.1. The van der Waals surface area contributed by atoms with Crippen molar-refractivity contribution in [2.75, 3.05) is 11.9 Å². The molecule has 146 valence electrons. The Hall–Kier alpha value is -2.71. The number of halogens is 1. The molecule has 3 heterocycles. The fourth-order valence-corrected chi connectivity index (χ4v) is 4.94. The zero-order chi connectivity index (χ0) is 20.0. The van der Waals surface area contributed by atoms with Gasteiger partial charge in [-0.3, -0.25) is 0 Å². The number of nitrogens with zero attached hydrogens (tertiary/aromatic N) is 4. The Kier molecular flexibility index (Phi) is 4.60. The lowest BCUT2D eigenvalue weighted by Gasteiger charge is -2.26. The number of carbonyl (C=O) groups excluding carboxylic acids is 1. The Bertz CT molecular complexity index is 1210. The van der Waals surface area contributed by atoms with Crippen molar-refractivity contribution < 1.29 is 4.79 Å². The van der Waals surface area contributed by atoms with Crippen LogP contribution < -0.4 is 5.32 Å². The van der Waals surface area contributed by atoms with E-state index in [4.69, 9.17) is 10.1 Å². The maximum atomic E-state index is 12.7. The van der Waals surface area contributed by atoms with Crippen LogP contribution in [0.4, 0.5) is 10.5 Å². The first-order valence-corrected chi connectivity index (χ1v) is 10.9. The monoisotopic (exact) mass is 467 g/mol. The number of carbonyl (C=O) groups is 1. The van der Waals surface area contributed by atoms with E-state index in [9.17, 15) is 4.79 Å². The van der Waals surface area contributed by atoms with Crippen LogP contribution in [0.1, 0.15) is 16.1 Å². The molecule has 1 aliphatic heterocycles. The van der Waals surface area contributed by atoms with E-state index < -0.39 is 0 Å². The van der Waals surface area contributed by atoms with Crippen LogP contribution in [-0.4, -0.2) is 32.1 Å². The van der Waals surface area contributed by atoms with Crippen LogP contribution in [0.25, 0.3) is 16.3 Å². The second kappa shape index (κ2) is 7.27. The molecule has 0 atom stereocenters. The number of thiazole rings is 1. The van der Waals surface area contributed by atoms with Crippen LogP contribution in [0, 0.1) is 6.92 Å². The molecule has 4 aromatic rings. The maximum absolute atomic E-state index is 12.7. The maximum Gasteiger partial charge on any atom is 0.322 e. The highest BCUT2D eigenvalue weighted by Crippen LogP contribution is 2.30. The lowest BCUT2D eigenvalue weighted by Crippen LogP contribution is -2.38. The zero-order valence-corrected chi connectivity index (χ0v) is 18.1. The summed E-state index contributed by atoms with van der Waals surface area (Å²) in [5.41, 5.74) is 4.16. The normalized spacial score (nSPS) is 13.5. The van der Waals surface area contributed by atoms with E-state index in [0.29, 0.717) is 13.1 Å². The largest absolute Gasteiger partial charge is 0.322 e. The number of urea groups is 1. The number of amides is 2.